The smallest absolute Gasteiger partial charge is 0.249 e. The fourth-order valence-electron chi connectivity index (χ4n) is 5.33. The van der Waals surface area contributed by atoms with Crippen LogP contribution in [0.15, 0.2) is 0 Å². The first-order valence-electron chi connectivity index (χ1n) is 14.1. The number of aliphatic hydroxyl groups excluding tert-OH is 8. The van der Waals surface area contributed by atoms with Gasteiger partial charge in [0.2, 0.25) is 5.91 Å². The molecule has 42 heavy (non-hydrogen) atoms. The van der Waals surface area contributed by atoms with Gasteiger partial charge < -0.3 is 87.6 Å². The van der Waals surface area contributed by atoms with Gasteiger partial charge >= 0.3 is 0 Å². The number of hydrogen-bond acceptors (Lipinski definition) is 17. The number of hydrogen-bond donors (Lipinski definition) is 13. The number of ether oxygens (including phenoxy) is 4. The minimum atomic E-state index is -1.73. The molecule has 0 radical (unpaired) electrons. The summed E-state index contributed by atoms with van der Waals surface area (Å²) in [7, 11) is 0. The zero-order chi connectivity index (χ0) is 31.3. The summed E-state index contributed by atoms with van der Waals surface area (Å²) in [4.78, 5) is 12.6. The van der Waals surface area contributed by atoms with Crippen molar-refractivity contribution in [2.24, 2.45) is 17.2 Å². The zero-order valence-electron chi connectivity index (χ0n) is 23.3. The van der Waals surface area contributed by atoms with Gasteiger partial charge in [0.05, 0.1) is 18.7 Å². The second-order valence-corrected chi connectivity index (χ2v) is 10.9. The van der Waals surface area contributed by atoms with Crippen molar-refractivity contribution in [3.63, 3.8) is 0 Å². The molecule has 18 heteroatoms. The summed E-state index contributed by atoms with van der Waals surface area (Å²) >= 11 is 0. The lowest BCUT2D eigenvalue weighted by atomic mass is 9.83. The van der Waals surface area contributed by atoms with Crippen molar-refractivity contribution >= 4 is 5.91 Å². The SMILES string of the molecule is CCNC[C@H]1O[C@H](OC2[C@@H](N)C[C@@H](NC(=O)[C@@H](O)CCN)[C@H](O[C@H]3O[C@H](CO)[C@@H](O)[C@H](N)[C@H]3O)[C@H]2O)[C@H](O)[C@@H](O)[C@@H]1O. The summed E-state index contributed by atoms with van der Waals surface area (Å²) in [6, 6.07) is -3.43. The van der Waals surface area contributed by atoms with E-state index in [1.807, 2.05) is 6.92 Å². The van der Waals surface area contributed by atoms with Crippen LogP contribution in [0.4, 0.5) is 0 Å². The van der Waals surface area contributed by atoms with Crippen LogP contribution in [0.25, 0.3) is 0 Å². The molecular formula is C24H47N5O13. The van der Waals surface area contributed by atoms with Crippen molar-refractivity contribution in [1.82, 2.24) is 10.6 Å². The molecule has 1 amide bonds. The molecule has 16 atom stereocenters. The number of aliphatic hydroxyl groups is 8. The summed E-state index contributed by atoms with van der Waals surface area (Å²) in [5, 5.41) is 88.7. The fourth-order valence-corrected chi connectivity index (χ4v) is 5.33. The topological polar surface area (TPSA) is 318 Å². The molecule has 2 saturated heterocycles. The van der Waals surface area contributed by atoms with E-state index in [9.17, 15) is 45.6 Å². The van der Waals surface area contributed by atoms with Crippen molar-refractivity contribution in [1.29, 1.82) is 0 Å². The van der Waals surface area contributed by atoms with Crippen LogP contribution in [0.1, 0.15) is 19.8 Å². The molecule has 0 spiro atoms. The van der Waals surface area contributed by atoms with E-state index < -0.39 is 110 Å². The highest BCUT2D eigenvalue weighted by Crippen LogP contribution is 2.32. The van der Waals surface area contributed by atoms with E-state index in [0.29, 0.717) is 6.54 Å². The average Bonchev–Trinajstić information content (AvgIpc) is 2.96. The highest BCUT2D eigenvalue weighted by atomic mass is 16.7. The molecule has 16 N–H and O–H groups in total. The molecule has 0 aromatic heterocycles. The Hall–Kier alpha value is -1.17. The maximum Gasteiger partial charge on any atom is 0.249 e. The predicted octanol–water partition coefficient (Wildman–Crippen LogP) is -7.77. The second kappa shape index (κ2) is 15.7. The third kappa shape index (κ3) is 7.91. The quantitative estimate of drug-likeness (QED) is 0.0971. The van der Waals surface area contributed by atoms with Gasteiger partial charge in [0.25, 0.3) is 0 Å². The lowest BCUT2D eigenvalue weighted by Crippen LogP contribution is -2.69. The number of nitrogens with two attached hydrogens (primary N) is 3. The molecule has 3 fully saturated rings. The molecule has 246 valence electrons. The Labute approximate surface area is 242 Å². The van der Waals surface area contributed by atoms with Gasteiger partial charge in [-0.25, -0.2) is 0 Å². The Morgan fingerprint density at radius 2 is 1.52 bits per heavy atom. The van der Waals surface area contributed by atoms with Crippen LogP contribution < -0.4 is 27.8 Å². The van der Waals surface area contributed by atoms with Gasteiger partial charge in [-0.1, -0.05) is 6.92 Å². The number of rotatable bonds is 12. The molecule has 3 rings (SSSR count). The van der Waals surface area contributed by atoms with Crippen LogP contribution in [-0.4, -0.2) is 171 Å². The second-order valence-electron chi connectivity index (χ2n) is 10.9. The van der Waals surface area contributed by atoms with Crippen molar-refractivity contribution in [3.05, 3.63) is 0 Å². The first-order valence-corrected chi connectivity index (χ1v) is 14.1. The molecule has 1 aliphatic carbocycles. The minimum Gasteiger partial charge on any atom is -0.394 e. The van der Waals surface area contributed by atoms with E-state index in [0.717, 1.165) is 0 Å². The molecule has 0 aromatic rings. The molecule has 3 aliphatic rings. The van der Waals surface area contributed by atoms with Crippen molar-refractivity contribution in [2.75, 3.05) is 26.2 Å². The lowest BCUT2D eigenvalue weighted by molar-refractivity contribution is -0.333. The maximum atomic E-state index is 12.6. The van der Waals surface area contributed by atoms with Crippen LogP contribution >= 0.6 is 0 Å². The first-order chi connectivity index (χ1) is 19.9. The standard InChI is InChI=1S/C24H47N5O13/c1-2-28-6-11-15(33)17(35)18(36)24(39-11)41-20-8(26)5-9(29-22(38)10(31)3-4-25)21(19(20)37)42-23-16(34)13(27)14(32)12(7-30)40-23/h8-21,23-24,28,30-37H,2-7,25-27H2,1H3,(H,29,38)/t8-,9+,10-,11+,12+,13-,14+,15+,16+,17-,18+,19-,20?,21-,23+,24+/m0/s1. The molecule has 1 saturated carbocycles. The Kier molecular flexibility index (Phi) is 13.2. The summed E-state index contributed by atoms with van der Waals surface area (Å²) in [6.07, 6.45) is -19.4. The molecule has 0 bridgehead atoms. The zero-order valence-corrected chi connectivity index (χ0v) is 23.3. The fraction of sp³-hybridized carbons (Fsp3) is 0.958. The normalized spacial score (nSPS) is 45.4. The van der Waals surface area contributed by atoms with Gasteiger partial charge in [-0.15, -0.1) is 0 Å². The Bertz CT molecular complexity index is 849. The number of carbonyl (C=O) groups excluding carboxylic acids is 1. The van der Waals surface area contributed by atoms with Gasteiger partial charge in [-0.2, -0.15) is 0 Å². The summed E-state index contributed by atoms with van der Waals surface area (Å²) < 4.78 is 22.9. The lowest BCUT2D eigenvalue weighted by Gasteiger charge is -2.49. The van der Waals surface area contributed by atoms with Crippen LogP contribution in [0.5, 0.6) is 0 Å². The average molecular weight is 614 g/mol. The number of nitrogens with one attached hydrogen (secondary N) is 2. The third-order valence-electron chi connectivity index (χ3n) is 7.87. The Morgan fingerprint density at radius 1 is 0.905 bits per heavy atom. The third-order valence-corrected chi connectivity index (χ3v) is 7.87. The summed E-state index contributed by atoms with van der Waals surface area (Å²) in [6.45, 7) is 1.80. The maximum absolute atomic E-state index is 12.6. The van der Waals surface area contributed by atoms with Gasteiger partial charge in [0.15, 0.2) is 12.6 Å². The van der Waals surface area contributed by atoms with E-state index in [1.54, 1.807) is 0 Å². The van der Waals surface area contributed by atoms with Crippen LogP contribution in [0.3, 0.4) is 0 Å². The molecule has 0 aromatic carbocycles. The largest absolute Gasteiger partial charge is 0.394 e. The van der Waals surface area contributed by atoms with Gasteiger partial charge in [0.1, 0.15) is 67.1 Å². The Balaban J connectivity index is 1.84. The Morgan fingerprint density at radius 3 is 2.14 bits per heavy atom. The summed E-state index contributed by atoms with van der Waals surface area (Å²) in [5.74, 6) is -0.835. The van der Waals surface area contributed by atoms with Crippen LogP contribution in [-0.2, 0) is 23.7 Å². The van der Waals surface area contributed by atoms with Gasteiger partial charge in [-0.3, -0.25) is 4.79 Å². The van der Waals surface area contributed by atoms with Crippen molar-refractivity contribution in [2.45, 2.75) is 118 Å². The predicted molar refractivity (Wildman–Crippen MR) is 141 cm³/mol. The molecule has 18 nitrogen and oxygen atoms in total. The van der Waals surface area contributed by atoms with E-state index in [-0.39, 0.29) is 25.9 Å². The molecule has 2 aliphatic heterocycles. The first kappa shape index (κ1) is 35.3. The van der Waals surface area contributed by atoms with Crippen LogP contribution in [0, 0.1) is 0 Å². The van der Waals surface area contributed by atoms with Crippen LogP contribution in [0.2, 0.25) is 0 Å². The van der Waals surface area contributed by atoms with Crippen molar-refractivity contribution in [3.8, 4) is 0 Å². The van der Waals surface area contributed by atoms with E-state index >= 15 is 0 Å². The highest BCUT2D eigenvalue weighted by Gasteiger charge is 2.52. The highest BCUT2D eigenvalue weighted by molar-refractivity contribution is 5.80. The number of likely N-dealkylation sites (N-methyl/N-ethyl adjacent to an activating group) is 1. The van der Waals surface area contributed by atoms with E-state index in [2.05, 4.69) is 10.6 Å². The van der Waals surface area contributed by atoms with E-state index in [1.165, 1.54) is 0 Å². The van der Waals surface area contributed by atoms with Gasteiger partial charge in [0, 0.05) is 12.6 Å². The number of amides is 1. The molecule has 2 heterocycles. The monoisotopic (exact) mass is 613 g/mol. The van der Waals surface area contributed by atoms with E-state index in [4.69, 9.17) is 36.1 Å². The molecule has 1 unspecified atom stereocenters. The number of carbonyl (C=O) groups is 1. The van der Waals surface area contributed by atoms with Gasteiger partial charge in [-0.05, 0) is 25.9 Å². The molecular weight excluding hydrogens is 566 g/mol. The van der Waals surface area contributed by atoms with Crippen molar-refractivity contribution < 1.29 is 64.6 Å². The minimum absolute atomic E-state index is 0.0150. The summed E-state index contributed by atoms with van der Waals surface area (Å²) in [5.41, 5.74) is 17.6.